The van der Waals surface area contributed by atoms with E-state index >= 15 is 0 Å². The fourth-order valence-electron chi connectivity index (χ4n) is 3.27. The Labute approximate surface area is 171 Å². The normalized spacial score (nSPS) is 16.9. The molecule has 4 rings (SSSR count). The molecule has 1 aromatic heterocycles. The molecule has 3 N–H and O–H groups in total. The fourth-order valence-corrected chi connectivity index (χ4v) is 3.61. The van der Waals surface area contributed by atoms with Crippen LogP contribution in [-0.4, -0.2) is 35.8 Å². The van der Waals surface area contributed by atoms with E-state index in [0.717, 1.165) is 23.0 Å². The highest BCUT2D eigenvalue weighted by Gasteiger charge is 2.23. The number of hydrogen-bond donors (Lipinski definition) is 3. The Morgan fingerprint density at radius 2 is 2.00 bits per heavy atom. The zero-order chi connectivity index (χ0) is 19.7. The second-order valence-corrected chi connectivity index (χ2v) is 7.31. The maximum Gasteiger partial charge on any atom is 0.337 e. The number of morpholine rings is 1. The first-order valence-electron chi connectivity index (χ1n) is 8.73. The maximum absolute atomic E-state index is 11.7. The molecule has 2 aromatic carbocycles. The van der Waals surface area contributed by atoms with Crippen molar-refractivity contribution < 1.29 is 14.6 Å². The number of nitrogens with zero attached hydrogens (tertiary/aromatic N) is 1. The number of carbonyl (C=O) groups is 1. The zero-order valence-corrected chi connectivity index (χ0v) is 16.2. The molecule has 8 heteroatoms. The number of hydrogen-bond acceptors (Lipinski definition) is 5. The van der Waals surface area contributed by atoms with Gasteiger partial charge in [-0.3, -0.25) is 4.98 Å². The van der Waals surface area contributed by atoms with E-state index in [4.69, 9.17) is 27.9 Å². The number of aromatic carboxylic acids is 1. The molecule has 144 valence electrons. The van der Waals surface area contributed by atoms with E-state index in [1.165, 1.54) is 6.07 Å². The molecule has 0 bridgehead atoms. The zero-order valence-electron chi connectivity index (χ0n) is 14.7. The lowest BCUT2D eigenvalue weighted by Crippen LogP contribution is -2.33. The molecule has 6 nitrogen and oxygen atoms in total. The summed E-state index contributed by atoms with van der Waals surface area (Å²) in [6.45, 7) is 2.00. The van der Waals surface area contributed by atoms with Gasteiger partial charge in [-0.15, -0.1) is 0 Å². The molecule has 1 aliphatic rings. The van der Waals surface area contributed by atoms with Crippen molar-refractivity contribution in [3.05, 3.63) is 63.8 Å². The lowest BCUT2D eigenvalue weighted by Gasteiger charge is -2.27. The average molecular weight is 418 g/mol. The fraction of sp³-hybridized carbons (Fsp3) is 0.200. The highest BCUT2D eigenvalue weighted by molar-refractivity contribution is 6.31. The molecule has 0 radical (unpaired) electrons. The molecular formula is C20H17Cl2N3O3. The number of carboxylic acid groups (broad SMARTS) is 1. The quantitative estimate of drug-likeness (QED) is 0.573. The van der Waals surface area contributed by atoms with Crippen molar-refractivity contribution >= 4 is 51.4 Å². The van der Waals surface area contributed by atoms with Crippen LogP contribution in [0.25, 0.3) is 10.9 Å². The molecule has 1 fully saturated rings. The second-order valence-electron chi connectivity index (χ2n) is 6.43. The number of carboxylic acids is 1. The third-order valence-electron chi connectivity index (χ3n) is 4.61. The molecule has 0 saturated carbocycles. The Bertz CT molecular complexity index is 1050. The van der Waals surface area contributed by atoms with Crippen molar-refractivity contribution in [3.8, 4) is 0 Å². The summed E-state index contributed by atoms with van der Waals surface area (Å²) in [6.07, 6.45) is 1.54. The Hall–Kier alpha value is -2.38. The summed E-state index contributed by atoms with van der Waals surface area (Å²) in [5.74, 6) is -1.07. The molecule has 1 aliphatic heterocycles. The van der Waals surface area contributed by atoms with Gasteiger partial charge >= 0.3 is 5.97 Å². The number of anilines is 2. The lowest BCUT2D eigenvalue weighted by atomic mass is 10.0. The molecule has 28 heavy (non-hydrogen) atoms. The third-order valence-corrected chi connectivity index (χ3v) is 5.08. The van der Waals surface area contributed by atoms with E-state index in [1.807, 2.05) is 12.1 Å². The number of nitrogens with one attached hydrogen (secondary N) is 2. The van der Waals surface area contributed by atoms with Gasteiger partial charge in [0.25, 0.3) is 0 Å². The Morgan fingerprint density at radius 1 is 1.21 bits per heavy atom. The van der Waals surface area contributed by atoms with E-state index in [1.54, 1.807) is 24.4 Å². The summed E-state index contributed by atoms with van der Waals surface area (Å²) >= 11 is 12.2. The van der Waals surface area contributed by atoms with E-state index in [2.05, 4.69) is 15.6 Å². The van der Waals surface area contributed by atoms with Gasteiger partial charge < -0.3 is 20.5 Å². The van der Waals surface area contributed by atoms with Gasteiger partial charge in [-0.05, 0) is 36.4 Å². The number of fused-ring (bicyclic) bond motifs is 1. The van der Waals surface area contributed by atoms with Crippen LogP contribution in [0.5, 0.6) is 0 Å². The summed E-state index contributed by atoms with van der Waals surface area (Å²) in [4.78, 5) is 16.2. The smallest absolute Gasteiger partial charge is 0.337 e. The number of ether oxygens (including phenoxy) is 1. The van der Waals surface area contributed by atoms with E-state index < -0.39 is 5.97 Å². The van der Waals surface area contributed by atoms with Crippen LogP contribution in [0, 0.1) is 0 Å². The van der Waals surface area contributed by atoms with Crippen LogP contribution in [0.3, 0.4) is 0 Å². The average Bonchev–Trinajstić information content (AvgIpc) is 2.70. The minimum absolute atomic E-state index is 0.0770. The van der Waals surface area contributed by atoms with Gasteiger partial charge in [0.15, 0.2) is 0 Å². The van der Waals surface area contributed by atoms with Crippen LogP contribution < -0.4 is 10.6 Å². The third kappa shape index (κ3) is 3.77. The number of aromatic nitrogens is 1. The molecule has 0 aliphatic carbocycles. The van der Waals surface area contributed by atoms with Gasteiger partial charge in [0.05, 0.1) is 35.2 Å². The summed E-state index contributed by atoms with van der Waals surface area (Å²) in [6, 6.07) is 10.1. The van der Waals surface area contributed by atoms with E-state index in [-0.39, 0.29) is 11.7 Å². The topological polar surface area (TPSA) is 83.5 Å². The van der Waals surface area contributed by atoms with Gasteiger partial charge in [-0.2, -0.15) is 0 Å². The first-order chi connectivity index (χ1) is 13.5. The van der Waals surface area contributed by atoms with Crippen molar-refractivity contribution in [2.24, 2.45) is 0 Å². The second kappa shape index (κ2) is 7.93. The van der Waals surface area contributed by atoms with E-state index in [0.29, 0.717) is 34.6 Å². The van der Waals surface area contributed by atoms with Crippen LogP contribution in [0.15, 0.2) is 42.6 Å². The van der Waals surface area contributed by atoms with Crippen molar-refractivity contribution in [2.75, 3.05) is 25.0 Å². The predicted molar refractivity (Wildman–Crippen MR) is 110 cm³/mol. The van der Waals surface area contributed by atoms with Gasteiger partial charge in [-0.1, -0.05) is 23.2 Å². The van der Waals surface area contributed by atoms with Gasteiger partial charge in [0.1, 0.15) is 0 Å². The summed E-state index contributed by atoms with van der Waals surface area (Å²) in [7, 11) is 0. The molecule has 1 saturated heterocycles. The van der Waals surface area contributed by atoms with Crippen LogP contribution in [0.2, 0.25) is 10.0 Å². The highest BCUT2D eigenvalue weighted by Crippen LogP contribution is 2.36. The van der Waals surface area contributed by atoms with Crippen molar-refractivity contribution in [1.82, 2.24) is 10.3 Å². The number of rotatable bonds is 4. The molecule has 1 atom stereocenters. The standard InChI is InChI=1S/C20H17Cl2N3O3/c21-11-1-3-16-13(7-11)19(15(9-24-16)18-10-23-5-6-28-18)25-17-4-2-12(22)8-14(17)20(26)27/h1-4,7-9,18,23H,5-6,10H2,(H,24,25)(H,26,27). The molecule has 0 amide bonds. The lowest BCUT2D eigenvalue weighted by molar-refractivity contribution is 0.0280. The van der Waals surface area contributed by atoms with Crippen molar-refractivity contribution in [1.29, 1.82) is 0 Å². The van der Waals surface area contributed by atoms with Crippen LogP contribution >= 0.6 is 23.2 Å². The Morgan fingerprint density at radius 3 is 2.75 bits per heavy atom. The number of pyridine rings is 1. The minimum atomic E-state index is -1.07. The molecule has 3 aromatic rings. The SMILES string of the molecule is O=C(O)c1cc(Cl)ccc1Nc1c(C2CNCCO2)cnc2ccc(Cl)cc12. The number of halogens is 2. The first-order valence-corrected chi connectivity index (χ1v) is 9.49. The summed E-state index contributed by atoms with van der Waals surface area (Å²) in [5, 5.41) is 17.8. The molecule has 1 unspecified atom stereocenters. The molecular weight excluding hydrogens is 401 g/mol. The summed E-state index contributed by atoms with van der Waals surface area (Å²) < 4.78 is 5.91. The minimum Gasteiger partial charge on any atom is -0.478 e. The largest absolute Gasteiger partial charge is 0.478 e. The molecule has 0 spiro atoms. The Balaban J connectivity index is 1.88. The van der Waals surface area contributed by atoms with E-state index in [9.17, 15) is 9.90 Å². The van der Waals surface area contributed by atoms with Crippen molar-refractivity contribution in [3.63, 3.8) is 0 Å². The monoisotopic (exact) mass is 417 g/mol. The summed E-state index contributed by atoms with van der Waals surface area (Å²) in [5.41, 5.74) is 2.78. The maximum atomic E-state index is 11.7. The van der Waals surface area contributed by atoms with Gasteiger partial charge in [0, 0.05) is 40.3 Å². The number of benzene rings is 2. The predicted octanol–water partition coefficient (Wildman–Crippen LogP) is 4.64. The van der Waals surface area contributed by atoms with Crippen LogP contribution in [0.4, 0.5) is 11.4 Å². The van der Waals surface area contributed by atoms with Gasteiger partial charge in [-0.25, -0.2) is 4.79 Å². The van der Waals surface area contributed by atoms with Crippen molar-refractivity contribution in [2.45, 2.75) is 6.10 Å². The van der Waals surface area contributed by atoms with Gasteiger partial charge in [0.2, 0.25) is 0 Å². The molecule has 2 heterocycles. The first kappa shape index (κ1) is 19.0. The van der Waals surface area contributed by atoms with Crippen LogP contribution in [-0.2, 0) is 4.74 Å². The van der Waals surface area contributed by atoms with Crippen LogP contribution in [0.1, 0.15) is 22.0 Å². The highest BCUT2D eigenvalue weighted by atomic mass is 35.5. The Kier molecular flexibility index (Phi) is 5.37.